The van der Waals surface area contributed by atoms with Gasteiger partial charge in [-0.15, -0.1) is 0 Å². The second-order valence-corrected chi connectivity index (χ2v) is 6.08. The first-order valence-corrected chi connectivity index (χ1v) is 7.73. The third-order valence-corrected chi connectivity index (χ3v) is 4.36. The molecular weight excluding hydrogens is 309 g/mol. The summed E-state index contributed by atoms with van der Waals surface area (Å²) in [5.74, 6) is 1.42. The van der Waals surface area contributed by atoms with E-state index in [1.807, 2.05) is 6.08 Å². The average molecular weight is 326 g/mol. The second-order valence-electron chi connectivity index (χ2n) is 5.38. The summed E-state index contributed by atoms with van der Waals surface area (Å²) in [7, 11) is 1.78. The van der Waals surface area contributed by atoms with E-state index in [0.717, 1.165) is 35.8 Å². The van der Waals surface area contributed by atoms with Gasteiger partial charge >= 0.3 is 0 Å². The fraction of sp³-hybridized carbons (Fsp3) is 0.500. The van der Waals surface area contributed by atoms with Gasteiger partial charge in [0.1, 0.15) is 11.0 Å². The van der Waals surface area contributed by atoms with Crippen molar-refractivity contribution in [1.82, 2.24) is 14.9 Å². The second kappa shape index (κ2) is 5.81. The Hall–Kier alpha value is -1.33. The lowest BCUT2D eigenvalue weighted by molar-refractivity contribution is 0.389. The highest BCUT2D eigenvalue weighted by Crippen LogP contribution is 2.34. The van der Waals surface area contributed by atoms with Crippen molar-refractivity contribution < 1.29 is 0 Å². The Morgan fingerprint density at radius 3 is 2.81 bits per heavy atom. The number of nitrogens with two attached hydrogens (primary N) is 1. The van der Waals surface area contributed by atoms with Crippen LogP contribution in [0.15, 0.2) is 16.8 Å². The molecule has 1 aromatic heterocycles. The Kier molecular flexibility index (Phi) is 4.04. The first kappa shape index (κ1) is 14.6. The van der Waals surface area contributed by atoms with E-state index in [-0.39, 0.29) is 5.28 Å². The molecule has 0 bridgehead atoms. The van der Waals surface area contributed by atoms with Crippen LogP contribution in [-0.2, 0) is 13.0 Å². The van der Waals surface area contributed by atoms with E-state index in [1.165, 1.54) is 12.8 Å². The van der Waals surface area contributed by atoms with Crippen molar-refractivity contribution in [1.29, 1.82) is 0 Å². The number of halogens is 2. The molecule has 3 rings (SSSR count). The summed E-state index contributed by atoms with van der Waals surface area (Å²) in [6, 6.07) is 0. The quantitative estimate of drug-likeness (QED) is 0.392. The molecule has 21 heavy (non-hydrogen) atoms. The Balaban J connectivity index is 1.83. The zero-order chi connectivity index (χ0) is 15.0. The Morgan fingerprint density at radius 1 is 1.38 bits per heavy atom. The number of hydrogen-bond donors (Lipinski definition) is 1. The first-order valence-electron chi connectivity index (χ1n) is 6.98. The van der Waals surface area contributed by atoms with Crippen molar-refractivity contribution in [2.24, 2.45) is 16.6 Å². The van der Waals surface area contributed by atoms with Gasteiger partial charge in [-0.25, -0.2) is 9.97 Å². The minimum Gasteiger partial charge on any atom is -0.402 e. The molecular formula is C14H17Cl2N5. The summed E-state index contributed by atoms with van der Waals surface area (Å²) in [5, 5.41) is 0.624. The van der Waals surface area contributed by atoms with E-state index in [1.54, 1.807) is 7.05 Å². The molecule has 1 aliphatic heterocycles. The Bertz CT molecular complexity index is 622. The van der Waals surface area contributed by atoms with E-state index in [2.05, 4.69) is 19.9 Å². The lowest BCUT2D eigenvalue weighted by Crippen LogP contribution is -2.36. The van der Waals surface area contributed by atoms with Crippen LogP contribution >= 0.6 is 23.2 Å². The zero-order valence-electron chi connectivity index (χ0n) is 11.8. The predicted molar refractivity (Wildman–Crippen MR) is 84.5 cm³/mol. The Labute approximate surface area is 133 Å². The number of amidine groups is 1. The summed E-state index contributed by atoms with van der Waals surface area (Å²) in [6.07, 6.45) is 5.11. The maximum Gasteiger partial charge on any atom is 0.224 e. The third kappa shape index (κ3) is 3.14. The number of nitrogens with zero attached hydrogens (tertiary/aromatic N) is 4. The topological polar surface area (TPSA) is 67.4 Å². The number of aromatic nitrogens is 2. The van der Waals surface area contributed by atoms with Gasteiger partial charge in [0.15, 0.2) is 0 Å². The molecule has 0 radical (unpaired) electrons. The van der Waals surface area contributed by atoms with E-state index in [4.69, 9.17) is 28.9 Å². The van der Waals surface area contributed by atoms with Gasteiger partial charge in [-0.05, 0) is 36.4 Å². The molecule has 5 nitrogen and oxygen atoms in total. The van der Waals surface area contributed by atoms with Crippen LogP contribution in [0.1, 0.15) is 24.1 Å². The van der Waals surface area contributed by atoms with Crippen molar-refractivity contribution in [2.45, 2.75) is 25.8 Å². The minimum absolute atomic E-state index is 0.203. The summed E-state index contributed by atoms with van der Waals surface area (Å²) in [4.78, 5) is 14.8. The molecule has 0 saturated heterocycles. The average Bonchev–Trinajstić information content (AvgIpc) is 3.29. The first-order chi connectivity index (χ1) is 10.1. The van der Waals surface area contributed by atoms with Crippen LogP contribution in [0, 0.1) is 5.92 Å². The number of aliphatic imine (C=N–C) groups is 1. The molecule has 0 aromatic carbocycles. The van der Waals surface area contributed by atoms with Crippen LogP contribution in [0.2, 0.25) is 10.4 Å². The number of fused-ring (bicyclic) bond motifs is 1. The van der Waals surface area contributed by atoms with Gasteiger partial charge in [0.2, 0.25) is 5.28 Å². The van der Waals surface area contributed by atoms with Crippen molar-refractivity contribution >= 4 is 29.0 Å². The SMILES string of the molecule is CN=C(C=C(N)C1CC1)N1CCc2nc(Cl)nc(Cl)c2C1. The zero-order valence-corrected chi connectivity index (χ0v) is 13.3. The standard InChI is InChI=1S/C14H17Cl2N5/c1-18-12(6-10(17)8-2-3-8)21-5-4-11-9(7-21)13(15)20-14(16)19-11/h6,8H,2-5,7,17H2,1H3. The van der Waals surface area contributed by atoms with Gasteiger partial charge in [-0.2, -0.15) is 0 Å². The van der Waals surface area contributed by atoms with Gasteiger partial charge in [0, 0.05) is 37.8 Å². The van der Waals surface area contributed by atoms with Crippen molar-refractivity contribution in [3.05, 3.63) is 33.5 Å². The molecule has 0 atom stereocenters. The van der Waals surface area contributed by atoms with Crippen molar-refractivity contribution in [3.8, 4) is 0 Å². The lowest BCUT2D eigenvalue weighted by atomic mass is 10.1. The summed E-state index contributed by atoms with van der Waals surface area (Å²) in [5.41, 5.74) is 8.85. The molecule has 7 heteroatoms. The fourth-order valence-corrected chi connectivity index (χ4v) is 3.00. The van der Waals surface area contributed by atoms with E-state index in [0.29, 0.717) is 17.6 Å². The molecule has 0 unspecified atom stereocenters. The molecule has 112 valence electrons. The van der Waals surface area contributed by atoms with Gasteiger partial charge in [0.05, 0.1) is 5.69 Å². The molecule has 1 aromatic rings. The third-order valence-electron chi connectivity index (χ3n) is 3.88. The van der Waals surface area contributed by atoms with Crippen LogP contribution in [0.3, 0.4) is 0 Å². The van der Waals surface area contributed by atoms with Crippen molar-refractivity contribution in [2.75, 3.05) is 13.6 Å². The van der Waals surface area contributed by atoms with Gasteiger partial charge < -0.3 is 10.6 Å². The van der Waals surface area contributed by atoms with Gasteiger partial charge in [-0.1, -0.05) is 11.6 Å². The molecule has 1 fully saturated rings. The highest BCUT2D eigenvalue weighted by molar-refractivity contribution is 6.32. The maximum atomic E-state index is 6.18. The Morgan fingerprint density at radius 2 is 2.14 bits per heavy atom. The molecule has 1 saturated carbocycles. The van der Waals surface area contributed by atoms with Crippen LogP contribution in [0.25, 0.3) is 0 Å². The smallest absolute Gasteiger partial charge is 0.224 e. The van der Waals surface area contributed by atoms with E-state index in [9.17, 15) is 0 Å². The molecule has 0 amide bonds. The van der Waals surface area contributed by atoms with Crippen LogP contribution in [0.4, 0.5) is 0 Å². The van der Waals surface area contributed by atoms with Crippen LogP contribution < -0.4 is 5.73 Å². The normalized spacial score (nSPS) is 19.7. The minimum atomic E-state index is 0.203. The molecule has 2 N–H and O–H groups in total. The van der Waals surface area contributed by atoms with E-state index >= 15 is 0 Å². The van der Waals surface area contributed by atoms with Crippen LogP contribution in [-0.4, -0.2) is 34.3 Å². The van der Waals surface area contributed by atoms with Gasteiger partial charge in [-0.3, -0.25) is 4.99 Å². The fourth-order valence-electron chi connectivity index (χ4n) is 2.52. The number of allylic oxidation sites excluding steroid dienone is 1. The highest BCUT2D eigenvalue weighted by atomic mass is 35.5. The highest BCUT2D eigenvalue weighted by Gasteiger charge is 2.26. The summed E-state index contributed by atoms with van der Waals surface area (Å²) >= 11 is 12.0. The molecule has 1 aliphatic carbocycles. The predicted octanol–water partition coefficient (Wildman–Crippen LogP) is 2.42. The maximum absolute atomic E-state index is 6.18. The summed E-state index contributed by atoms with van der Waals surface area (Å²) in [6.45, 7) is 1.45. The molecule has 2 heterocycles. The van der Waals surface area contributed by atoms with E-state index < -0.39 is 0 Å². The van der Waals surface area contributed by atoms with Gasteiger partial charge in [0.25, 0.3) is 0 Å². The van der Waals surface area contributed by atoms with Crippen LogP contribution in [0.5, 0.6) is 0 Å². The molecule has 2 aliphatic rings. The number of hydrogen-bond acceptors (Lipinski definition) is 4. The molecule has 0 spiro atoms. The monoisotopic (exact) mass is 325 g/mol. The van der Waals surface area contributed by atoms with Crippen molar-refractivity contribution in [3.63, 3.8) is 0 Å². The largest absolute Gasteiger partial charge is 0.402 e. The summed E-state index contributed by atoms with van der Waals surface area (Å²) < 4.78 is 0. The lowest BCUT2D eigenvalue weighted by Gasteiger charge is -2.30. The number of rotatable bonds is 2.